The van der Waals surface area contributed by atoms with E-state index in [1.165, 1.54) is 30.3 Å². The van der Waals surface area contributed by atoms with Crippen LogP contribution in [-0.2, 0) is 14.8 Å². The molecule has 0 saturated carbocycles. The Bertz CT molecular complexity index is 1210. The Hall–Kier alpha value is -3.85. The van der Waals surface area contributed by atoms with Gasteiger partial charge in [-0.3, -0.25) is 9.52 Å². The molecule has 3 rings (SSSR count). The molecule has 0 aliphatic carbocycles. The zero-order chi connectivity index (χ0) is 22.4. The lowest BCUT2D eigenvalue weighted by atomic mass is 10.1. The quantitative estimate of drug-likeness (QED) is 0.493. The minimum absolute atomic E-state index is 0.0501. The lowest BCUT2D eigenvalue weighted by molar-refractivity contribution is -0.139. The highest BCUT2D eigenvalue weighted by Crippen LogP contribution is 2.25. The summed E-state index contributed by atoms with van der Waals surface area (Å²) in [6, 6.07) is 19.1. The Morgan fingerprint density at radius 2 is 1.65 bits per heavy atom. The number of amides is 1. The van der Waals surface area contributed by atoms with E-state index in [4.69, 9.17) is 9.84 Å². The van der Waals surface area contributed by atoms with E-state index < -0.39 is 28.5 Å². The molecule has 0 spiro atoms. The van der Waals surface area contributed by atoms with Crippen molar-refractivity contribution in [2.75, 3.05) is 16.6 Å². The van der Waals surface area contributed by atoms with Gasteiger partial charge in [0, 0.05) is 5.69 Å². The van der Waals surface area contributed by atoms with E-state index in [1.54, 1.807) is 43.3 Å². The van der Waals surface area contributed by atoms with E-state index in [0.29, 0.717) is 11.3 Å². The van der Waals surface area contributed by atoms with E-state index in [-0.39, 0.29) is 21.9 Å². The normalized spacial score (nSPS) is 10.9. The first-order valence-electron chi connectivity index (χ1n) is 9.20. The molecule has 0 bridgehead atoms. The number of hydrogen-bond donors (Lipinski definition) is 3. The number of carboxylic acids is 1. The predicted molar refractivity (Wildman–Crippen MR) is 116 cm³/mol. The Labute approximate surface area is 179 Å². The van der Waals surface area contributed by atoms with Crippen molar-refractivity contribution in [3.05, 3.63) is 83.9 Å². The molecule has 0 heterocycles. The monoisotopic (exact) mass is 440 g/mol. The molecule has 31 heavy (non-hydrogen) atoms. The van der Waals surface area contributed by atoms with Crippen molar-refractivity contribution < 1.29 is 27.9 Å². The van der Waals surface area contributed by atoms with Crippen LogP contribution in [0.4, 0.5) is 11.4 Å². The third kappa shape index (κ3) is 5.61. The molecule has 9 heteroatoms. The summed E-state index contributed by atoms with van der Waals surface area (Å²) in [5, 5.41) is 11.4. The molecule has 3 aromatic rings. The molecule has 0 aromatic heterocycles. The van der Waals surface area contributed by atoms with Crippen LogP contribution in [0.25, 0.3) is 0 Å². The van der Waals surface area contributed by atoms with Crippen LogP contribution >= 0.6 is 0 Å². The molecule has 0 atom stereocenters. The minimum Gasteiger partial charge on any atom is -0.482 e. The maximum Gasteiger partial charge on any atom is 0.341 e. The highest BCUT2D eigenvalue weighted by molar-refractivity contribution is 7.92. The predicted octanol–water partition coefficient (Wildman–Crippen LogP) is 3.51. The fourth-order valence-corrected chi connectivity index (χ4v) is 3.95. The number of carbonyl (C=O) groups excluding carboxylic acids is 1. The Kier molecular flexibility index (Phi) is 6.56. The molecule has 0 saturated heterocycles. The maximum absolute atomic E-state index is 12.9. The largest absolute Gasteiger partial charge is 0.482 e. The van der Waals surface area contributed by atoms with Gasteiger partial charge in [0.05, 0.1) is 16.1 Å². The molecule has 160 valence electrons. The summed E-state index contributed by atoms with van der Waals surface area (Å²) in [5.74, 6) is -1.33. The number of rotatable bonds is 8. The van der Waals surface area contributed by atoms with E-state index >= 15 is 0 Å². The molecule has 0 radical (unpaired) electrons. The highest BCUT2D eigenvalue weighted by atomic mass is 32.2. The van der Waals surface area contributed by atoms with Gasteiger partial charge >= 0.3 is 5.97 Å². The third-order valence-electron chi connectivity index (χ3n) is 4.26. The first kappa shape index (κ1) is 21.8. The number of para-hydroxylation sites is 2. The van der Waals surface area contributed by atoms with E-state index in [0.717, 1.165) is 0 Å². The third-order valence-corrected chi connectivity index (χ3v) is 5.62. The van der Waals surface area contributed by atoms with Gasteiger partial charge in [-0.05, 0) is 55.0 Å². The summed E-state index contributed by atoms with van der Waals surface area (Å²) in [6.45, 7) is 1.08. The van der Waals surface area contributed by atoms with Crippen molar-refractivity contribution >= 4 is 33.3 Å². The zero-order valence-corrected chi connectivity index (χ0v) is 17.3. The van der Waals surface area contributed by atoms with Gasteiger partial charge in [-0.2, -0.15) is 0 Å². The molecular weight excluding hydrogens is 420 g/mol. The van der Waals surface area contributed by atoms with Crippen LogP contribution in [0, 0.1) is 6.92 Å². The summed E-state index contributed by atoms with van der Waals surface area (Å²) >= 11 is 0. The summed E-state index contributed by atoms with van der Waals surface area (Å²) < 4.78 is 33.3. The van der Waals surface area contributed by atoms with Gasteiger partial charge in [0.15, 0.2) is 6.61 Å². The van der Waals surface area contributed by atoms with Crippen molar-refractivity contribution in [3.8, 4) is 5.75 Å². The molecule has 1 amide bonds. The minimum atomic E-state index is -4.01. The number of ether oxygens (including phenoxy) is 1. The molecule has 0 aliphatic rings. The number of aliphatic carboxylic acids is 1. The smallest absolute Gasteiger partial charge is 0.341 e. The molecule has 0 fully saturated rings. The number of carboxylic acid groups (broad SMARTS) is 1. The Morgan fingerprint density at radius 1 is 0.968 bits per heavy atom. The SMILES string of the molecule is Cc1cc(S(=O)(=O)Nc2ccccc2C(=O)Nc2ccccc2)ccc1OCC(=O)O. The second-order valence-electron chi connectivity index (χ2n) is 6.58. The number of carbonyl (C=O) groups is 2. The van der Waals surface area contributed by atoms with Gasteiger partial charge in [-0.1, -0.05) is 30.3 Å². The van der Waals surface area contributed by atoms with Crippen LogP contribution in [0.3, 0.4) is 0 Å². The standard InChI is InChI=1S/C22H20N2O6S/c1-15-13-17(11-12-20(15)30-14-21(25)26)31(28,29)24-19-10-6-5-9-18(19)22(27)23-16-7-3-2-4-8-16/h2-13,24H,14H2,1H3,(H,23,27)(H,25,26). The van der Waals surface area contributed by atoms with Crippen LogP contribution in [-0.4, -0.2) is 32.0 Å². The number of nitrogens with one attached hydrogen (secondary N) is 2. The van der Waals surface area contributed by atoms with Crippen molar-refractivity contribution in [3.63, 3.8) is 0 Å². The number of anilines is 2. The van der Waals surface area contributed by atoms with Gasteiger partial charge in [-0.15, -0.1) is 0 Å². The molecule has 3 N–H and O–H groups in total. The summed E-state index contributed by atoms with van der Waals surface area (Å²) in [4.78, 5) is 23.3. The summed E-state index contributed by atoms with van der Waals surface area (Å²) in [6.07, 6.45) is 0. The van der Waals surface area contributed by atoms with Gasteiger partial charge in [0.2, 0.25) is 0 Å². The molecule has 8 nitrogen and oxygen atoms in total. The molecule has 0 aliphatic heterocycles. The number of aryl methyl sites for hydroxylation is 1. The van der Waals surface area contributed by atoms with Gasteiger partial charge in [0.1, 0.15) is 5.75 Å². The van der Waals surface area contributed by atoms with Crippen LogP contribution in [0.1, 0.15) is 15.9 Å². The average Bonchev–Trinajstić information content (AvgIpc) is 2.73. The number of benzene rings is 3. The first-order valence-corrected chi connectivity index (χ1v) is 10.7. The maximum atomic E-state index is 12.9. The highest BCUT2D eigenvalue weighted by Gasteiger charge is 2.20. The van der Waals surface area contributed by atoms with Crippen LogP contribution in [0.5, 0.6) is 5.75 Å². The summed E-state index contributed by atoms with van der Waals surface area (Å²) in [5.41, 5.74) is 1.32. The fourth-order valence-electron chi connectivity index (χ4n) is 2.78. The molecule has 3 aromatic carbocycles. The van der Waals surface area contributed by atoms with Gasteiger partial charge in [-0.25, -0.2) is 13.2 Å². The zero-order valence-electron chi connectivity index (χ0n) is 16.5. The van der Waals surface area contributed by atoms with Gasteiger partial charge < -0.3 is 15.2 Å². The Balaban J connectivity index is 1.83. The fraction of sp³-hybridized carbons (Fsp3) is 0.0909. The van der Waals surface area contributed by atoms with Crippen molar-refractivity contribution in [2.45, 2.75) is 11.8 Å². The number of hydrogen-bond acceptors (Lipinski definition) is 5. The van der Waals surface area contributed by atoms with Gasteiger partial charge in [0.25, 0.3) is 15.9 Å². The molecule has 0 unspecified atom stereocenters. The summed E-state index contributed by atoms with van der Waals surface area (Å²) in [7, 11) is -4.01. The van der Waals surface area contributed by atoms with Crippen LogP contribution in [0.15, 0.2) is 77.7 Å². The van der Waals surface area contributed by atoms with E-state index in [2.05, 4.69) is 10.0 Å². The Morgan fingerprint density at radius 3 is 2.32 bits per heavy atom. The second kappa shape index (κ2) is 9.31. The topological polar surface area (TPSA) is 122 Å². The second-order valence-corrected chi connectivity index (χ2v) is 8.26. The average molecular weight is 440 g/mol. The van der Waals surface area contributed by atoms with Crippen LogP contribution < -0.4 is 14.8 Å². The molecular formula is C22H20N2O6S. The van der Waals surface area contributed by atoms with Crippen LogP contribution in [0.2, 0.25) is 0 Å². The first-order chi connectivity index (χ1) is 14.8. The van der Waals surface area contributed by atoms with Crippen molar-refractivity contribution in [1.82, 2.24) is 0 Å². The lowest BCUT2D eigenvalue weighted by Gasteiger charge is -2.14. The van der Waals surface area contributed by atoms with E-state index in [1.807, 2.05) is 6.07 Å². The number of sulfonamides is 1. The van der Waals surface area contributed by atoms with Crippen molar-refractivity contribution in [2.24, 2.45) is 0 Å². The van der Waals surface area contributed by atoms with E-state index in [9.17, 15) is 18.0 Å². The van der Waals surface area contributed by atoms with Crippen molar-refractivity contribution in [1.29, 1.82) is 0 Å². The lowest BCUT2D eigenvalue weighted by Crippen LogP contribution is -2.18.